The first-order valence-electron chi connectivity index (χ1n) is 9.33. The van der Waals surface area contributed by atoms with Crippen molar-refractivity contribution >= 4 is 28.2 Å². The molecule has 2 aromatic carbocycles. The maximum atomic E-state index is 5.58. The molecule has 0 spiro atoms. The molecular weight excluding hydrogens is 338 g/mol. The number of nitrogens with zero attached hydrogens (tertiary/aromatic N) is 1. The Morgan fingerprint density at radius 3 is 2.58 bits per heavy atom. The zero-order valence-electron chi connectivity index (χ0n) is 16.0. The number of hydrogen-bond donors (Lipinski definition) is 2. The lowest BCUT2D eigenvalue weighted by atomic mass is 9.92. The highest BCUT2D eigenvalue weighted by molar-refractivity contribution is 7.80. The predicted octanol–water partition coefficient (Wildman–Crippen LogP) is 4.95. The van der Waals surface area contributed by atoms with Crippen LogP contribution in [0.4, 0.5) is 0 Å². The fourth-order valence-corrected chi connectivity index (χ4v) is 3.94. The van der Waals surface area contributed by atoms with Gasteiger partial charge >= 0.3 is 0 Å². The smallest absolute Gasteiger partial charge is 0.169 e. The standard InChI is InChI=1S/C20H21N3S.C2H6/c1-13-8-9-17-16(12-13)15-10-11-23(20(24)21-2)19(18(15)22-17)14-6-4-3-5-7-14;1-2/h3-9,12,19,22H,10-11H2,1-2H3,(H,21,24);1-2H3. The Morgan fingerprint density at radius 2 is 1.88 bits per heavy atom. The summed E-state index contributed by atoms with van der Waals surface area (Å²) in [7, 11) is 1.90. The van der Waals surface area contributed by atoms with E-state index in [2.05, 4.69) is 70.7 Å². The Bertz CT molecular complexity index is 898. The van der Waals surface area contributed by atoms with E-state index in [4.69, 9.17) is 12.2 Å². The summed E-state index contributed by atoms with van der Waals surface area (Å²) < 4.78 is 0. The van der Waals surface area contributed by atoms with Crippen molar-refractivity contribution in [3.8, 4) is 0 Å². The molecule has 0 bridgehead atoms. The minimum Gasteiger partial charge on any atom is -0.366 e. The first-order chi connectivity index (χ1) is 12.7. The first-order valence-corrected chi connectivity index (χ1v) is 9.74. The second-order valence-corrected chi connectivity index (χ2v) is 6.76. The maximum Gasteiger partial charge on any atom is 0.169 e. The van der Waals surface area contributed by atoms with Gasteiger partial charge in [-0.25, -0.2) is 0 Å². The number of nitrogens with one attached hydrogen (secondary N) is 2. The highest BCUT2D eigenvalue weighted by Crippen LogP contribution is 2.38. The van der Waals surface area contributed by atoms with Gasteiger partial charge in [0.1, 0.15) is 0 Å². The van der Waals surface area contributed by atoms with Gasteiger partial charge in [0.2, 0.25) is 0 Å². The molecule has 26 heavy (non-hydrogen) atoms. The van der Waals surface area contributed by atoms with Crippen molar-refractivity contribution in [2.75, 3.05) is 13.6 Å². The van der Waals surface area contributed by atoms with Crippen LogP contribution in [0.2, 0.25) is 0 Å². The van der Waals surface area contributed by atoms with Crippen LogP contribution in [0.3, 0.4) is 0 Å². The van der Waals surface area contributed by atoms with Gasteiger partial charge in [-0.15, -0.1) is 0 Å². The van der Waals surface area contributed by atoms with Crippen molar-refractivity contribution in [1.82, 2.24) is 15.2 Å². The fourth-order valence-electron chi connectivity index (χ4n) is 3.75. The summed E-state index contributed by atoms with van der Waals surface area (Å²) in [5, 5.41) is 5.30. The summed E-state index contributed by atoms with van der Waals surface area (Å²) in [6, 6.07) is 17.4. The molecule has 0 radical (unpaired) electrons. The van der Waals surface area contributed by atoms with Crippen LogP contribution in [0.5, 0.6) is 0 Å². The van der Waals surface area contributed by atoms with Crippen molar-refractivity contribution in [2.24, 2.45) is 0 Å². The number of rotatable bonds is 1. The van der Waals surface area contributed by atoms with E-state index in [1.807, 2.05) is 20.9 Å². The molecule has 0 amide bonds. The molecule has 1 aromatic heterocycles. The number of aryl methyl sites for hydroxylation is 1. The number of benzene rings is 2. The lowest BCUT2D eigenvalue weighted by Gasteiger charge is -2.37. The Morgan fingerprint density at radius 1 is 1.15 bits per heavy atom. The van der Waals surface area contributed by atoms with Crippen molar-refractivity contribution in [3.63, 3.8) is 0 Å². The lowest BCUT2D eigenvalue weighted by molar-refractivity contribution is 0.332. The molecule has 136 valence electrons. The highest BCUT2D eigenvalue weighted by atomic mass is 32.1. The predicted molar refractivity (Wildman–Crippen MR) is 115 cm³/mol. The summed E-state index contributed by atoms with van der Waals surface area (Å²) in [6.45, 7) is 7.08. The minimum absolute atomic E-state index is 0.127. The zero-order valence-corrected chi connectivity index (χ0v) is 16.8. The average molecular weight is 366 g/mol. The van der Waals surface area contributed by atoms with E-state index >= 15 is 0 Å². The number of aromatic amines is 1. The third kappa shape index (κ3) is 3.21. The Hall–Kier alpha value is -2.33. The van der Waals surface area contributed by atoms with Crippen LogP contribution in [0, 0.1) is 6.92 Å². The summed E-state index contributed by atoms with van der Waals surface area (Å²) in [4.78, 5) is 5.96. The Balaban J connectivity index is 0.000000948. The van der Waals surface area contributed by atoms with E-state index in [0.29, 0.717) is 0 Å². The van der Waals surface area contributed by atoms with E-state index in [-0.39, 0.29) is 6.04 Å². The number of aromatic nitrogens is 1. The molecule has 2 heterocycles. The molecule has 0 saturated heterocycles. The molecule has 4 heteroatoms. The topological polar surface area (TPSA) is 31.1 Å². The zero-order chi connectivity index (χ0) is 18.7. The molecule has 1 atom stereocenters. The van der Waals surface area contributed by atoms with Crippen molar-refractivity contribution in [3.05, 3.63) is 70.9 Å². The summed E-state index contributed by atoms with van der Waals surface area (Å²) >= 11 is 5.58. The van der Waals surface area contributed by atoms with E-state index in [0.717, 1.165) is 18.1 Å². The van der Waals surface area contributed by atoms with Gasteiger partial charge in [0.25, 0.3) is 0 Å². The molecule has 4 rings (SSSR count). The van der Waals surface area contributed by atoms with E-state index in [1.165, 1.54) is 33.3 Å². The van der Waals surface area contributed by atoms with Crippen molar-refractivity contribution < 1.29 is 0 Å². The SMILES string of the molecule is CC.CNC(=S)N1CCc2c([nH]c3ccc(C)cc23)C1c1ccccc1. The molecular formula is C22H27N3S. The second-order valence-electron chi connectivity index (χ2n) is 6.38. The van der Waals surface area contributed by atoms with Crippen LogP contribution < -0.4 is 5.32 Å². The first kappa shape index (κ1) is 18.5. The summed E-state index contributed by atoms with van der Waals surface area (Å²) in [5.41, 5.74) is 6.47. The third-order valence-electron chi connectivity index (χ3n) is 4.87. The van der Waals surface area contributed by atoms with Crippen LogP contribution in [0.15, 0.2) is 48.5 Å². The second kappa shape index (κ2) is 7.92. The Kier molecular flexibility index (Phi) is 5.62. The summed E-state index contributed by atoms with van der Waals surface area (Å²) in [5.74, 6) is 0. The van der Waals surface area contributed by atoms with Gasteiger partial charge in [0, 0.05) is 30.2 Å². The van der Waals surface area contributed by atoms with Gasteiger partial charge in [-0.2, -0.15) is 0 Å². The highest BCUT2D eigenvalue weighted by Gasteiger charge is 2.32. The van der Waals surface area contributed by atoms with E-state index in [1.54, 1.807) is 0 Å². The lowest BCUT2D eigenvalue weighted by Crippen LogP contribution is -2.44. The molecule has 1 aliphatic rings. The molecule has 2 N–H and O–H groups in total. The number of fused-ring (bicyclic) bond motifs is 3. The van der Waals surface area contributed by atoms with Crippen LogP contribution in [0.1, 0.15) is 42.3 Å². The number of H-pyrrole nitrogens is 1. The van der Waals surface area contributed by atoms with Gasteiger partial charge in [0.15, 0.2) is 5.11 Å². The van der Waals surface area contributed by atoms with E-state index < -0.39 is 0 Å². The molecule has 1 aliphatic heterocycles. The van der Waals surface area contributed by atoms with Gasteiger partial charge in [-0.05, 0) is 48.8 Å². The fraction of sp³-hybridized carbons (Fsp3) is 0.318. The Labute approximate surface area is 161 Å². The maximum absolute atomic E-state index is 5.58. The largest absolute Gasteiger partial charge is 0.366 e. The van der Waals surface area contributed by atoms with Crippen molar-refractivity contribution in [2.45, 2.75) is 33.2 Å². The average Bonchev–Trinajstić information content (AvgIpc) is 3.06. The minimum atomic E-state index is 0.127. The molecule has 0 aliphatic carbocycles. The molecule has 3 aromatic rings. The van der Waals surface area contributed by atoms with Crippen LogP contribution >= 0.6 is 12.2 Å². The van der Waals surface area contributed by atoms with Crippen LogP contribution in [0.25, 0.3) is 10.9 Å². The normalized spacial score (nSPS) is 15.8. The van der Waals surface area contributed by atoms with Gasteiger partial charge < -0.3 is 15.2 Å². The van der Waals surface area contributed by atoms with E-state index in [9.17, 15) is 0 Å². The molecule has 1 unspecified atom stereocenters. The molecule has 0 saturated carbocycles. The van der Waals surface area contributed by atoms with Crippen LogP contribution in [-0.2, 0) is 6.42 Å². The third-order valence-corrected chi connectivity index (χ3v) is 5.31. The molecule has 0 fully saturated rings. The van der Waals surface area contributed by atoms with Gasteiger partial charge in [-0.3, -0.25) is 0 Å². The van der Waals surface area contributed by atoms with Gasteiger partial charge in [-0.1, -0.05) is 55.8 Å². The monoisotopic (exact) mass is 365 g/mol. The van der Waals surface area contributed by atoms with Crippen molar-refractivity contribution in [1.29, 1.82) is 0 Å². The summed E-state index contributed by atoms with van der Waals surface area (Å²) in [6.07, 6.45) is 1.00. The number of thiocarbonyl (C=S) groups is 1. The number of hydrogen-bond acceptors (Lipinski definition) is 1. The molecule has 3 nitrogen and oxygen atoms in total. The van der Waals surface area contributed by atoms with Gasteiger partial charge in [0.05, 0.1) is 6.04 Å². The quantitative estimate of drug-likeness (QED) is 0.598. The van der Waals surface area contributed by atoms with Crippen LogP contribution in [-0.4, -0.2) is 28.6 Å².